The minimum atomic E-state index is -1.38. The summed E-state index contributed by atoms with van der Waals surface area (Å²) in [5.41, 5.74) is 9.81. The van der Waals surface area contributed by atoms with Crippen LogP contribution < -0.4 is 11.5 Å². The summed E-state index contributed by atoms with van der Waals surface area (Å²) in [4.78, 5) is 20.1. The molecular weight excluding hydrogens is 240 g/mol. The maximum Gasteiger partial charge on any atom is 0.431 e. The lowest BCUT2D eigenvalue weighted by Gasteiger charge is -2.05. The fourth-order valence-electron chi connectivity index (χ4n) is 0.445. The smallest absolute Gasteiger partial charge is 0.431 e. The van der Waals surface area contributed by atoms with E-state index in [1.165, 1.54) is 39.5 Å². The molecular formula is C10H24N2O4Si. The molecule has 1 saturated carbocycles. The highest BCUT2D eigenvalue weighted by molar-refractivity contribution is 6.25. The fourth-order valence-corrected chi connectivity index (χ4v) is 0.836. The molecule has 0 spiro atoms. The van der Waals surface area contributed by atoms with Crippen LogP contribution >= 0.6 is 0 Å². The first-order valence-electron chi connectivity index (χ1n) is 5.71. The molecule has 0 atom stereocenters. The third kappa shape index (κ3) is 25.4. The second-order valence-corrected chi connectivity index (χ2v) is 4.19. The minimum absolute atomic E-state index is 0.400. The van der Waals surface area contributed by atoms with E-state index >= 15 is 0 Å². The first-order valence-corrected chi connectivity index (χ1v) is 6.87. The van der Waals surface area contributed by atoms with Gasteiger partial charge in [0.15, 0.2) is 0 Å². The molecule has 0 saturated heterocycles. The van der Waals surface area contributed by atoms with Crippen molar-refractivity contribution in [2.45, 2.75) is 39.5 Å². The van der Waals surface area contributed by atoms with Crippen molar-refractivity contribution in [2.75, 3.05) is 13.1 Å². The Kier molecular flexibility index (Phi) is 16.4. The predicted octanol–water partition coefficient (Wildman–Crippen LogP) is -0.424. The fraction of sp³-hybridized carbons (Fsp3) is 0.800. The van der Waals surface area contributed by atoms with Gasteiger partial charge in [-0.15, -0.1) is 0 Å². The van der Waals surface area contributed by atoms with Gasteiger partial charge in [-0.05, 0) is 0 Å². The number of nitrogens with two attached hydrogens (primary N) is 2. The van der Waals surface area contributed by atoms with Gasteiger partial charge in [-0.25, -0.2) is 0 Å². The molecule has 4 N–H and O–H groups in total. The summed E-state index contributed by atoms with van der Waals surface area (Å²) in [5, 5.41) is 0. The molecule has 0 aromatic carbocycles. The van der Waals surface area contributed by atoms with Crippen LogP contribution in [0.25, 0.3) is 0 Å². The van der Waals surface area contributed by atoms with Crippen LogP contribution in [0.5, 0.6) is 0 Å². The summed E-state index contributed by atoms with van der Waals surface area (Å²) in [7, 11) is -1.38. The molecule has 1 rings (SSSR count). The average Bonchev–Trinajstić information content (AvgIpc) is 2.14. The zero-order chi connectivity index (χ0) is 13.5. The van der Waals surface area contributed by atoms with Crippen LogP contribution in [-0.2, 0) is 18.4 Å². The third-order valence-corrected chi connectivity index (χ3v) is 2.74. The van der Waals surface area contributed by atoms with E-state index < -0.39 is 21.9 Å². The number of rotatable bonds is 3. The van der Waals surface area contributed by atoms with E-state index in [1.54, 1.807) is 0 Å². The average molecular weight is 264 g/mol. The molecule has 0 heterocycles. The largest absolute Gasteiger partial charge is 0.490 e. The maximum atomic E-state index is 10.0. The Hall–Kier alpha value is -0.923. The zero-order valence-corrected chi connectivity index (χ0v) is 12.2. The number of carbonyl (C=O) groups excluding carboxylic acids is 2. The van der Waals surface area contributed by atoms with Crippen LogP contribution in [0.2, 0.25) is 0 Å². The predicted molar refractivity (Wildman–Crippen MR) is 68.7 cm³/mol. The standard InChI is InChI=1S/C4H8O4Si.C4H8.C2H8N2/c1-3(5)7-9-8-4(2)6;1-2-4-3-1;3-1-2-4/h9H2,1-2H3;2*1-4H2. The molecule has 1 aliphatic rings. The van der Waals surface area contributed by atoms with Crippen molar-refractivity contribution in [1.82, 2.24) is 0 Å². The van der Waals surface area contributed by atoms with Gasteiger partial charge in [0.05, 0.1) is 0 Å². The molecule has 6 nitrogen and oxygen atoms in total. The highest BCUT2D eigenvalue weighted by Crippen LogP contribution is 2.15. The summed E-state index contributed by atoms with van der Waals surface area (Å²) < 4.78 is 8.82. The van der Waals surface area contributed by atoms with Gasteiger partial charge in [0.1, 0.15) is 0 Å². The molecule has 0 amide bonds. The van der Waals surface area contributed by atoms with E-state index in [1.807, 2.05) is 0 Å². The van der Waals surface area contributed by atoms with Crippen molar-refractivity contribution >= 4 is 21.9 Å². The number of hydrogen-bond donors (Lipinski definition) is 2. The Bertz CT molecular complexity index is 179. The van der Waals surface area contributed by atoms with Crippen molar-refractivity contribution in [1.29, 1.82) is 0 Å². The molecule has 0 aliphatic heterocycles. The second-order valence-electron chi connectivity index (χ2n) is 3.38. The van der Waals surface area contributed by atoms with E-state index in [2.05, 4.69) is 8.85 Å². The van der Waals surface area contributed by atoms with Crippen molar-refractivity contribution in [3.05, 3.63) is 0 Å². The van der Waals surface area contributed by atoms with Gasteiger partial charge in [-0.2, -0.15) is 0 Å². The van der Waals surface area contributed by atoms with Crippen molar-refractivity contribution in [3.8, 4) is 0 Å². The summed E-state index contributed by atoms with van der Waals surface area (Å²) in [6.45, 7) is 3.74. The Labute approximate surface area is 105 Å². The van der Waals surface area contributed by atoms with Gasteiger partial charge in [0.2, 0.25) is 0 Å². The SMILES string of the molecule is C1CCC1.CC(=O)O[SiH2]OC(C)=O.NCCN. The van der Waals surface area contributed by atoms with Crippen LogP contribution in [0.1, 0.15) is 39.5 Å². The van der Waals surface area contributed by atoms with E-state index in [0.717, 1.165) is 0 Å². The van der Waals surface area contributed by atoms with Crippen LogP contribution in [0.15, 0.2) is 0 Å². The first-order chi connectivity index (χ1) is 8.04. The van der Waals surface area contributed by atoms with Crippen molar-refractivity contribution in [3.63, 3.8) is 0 Å². The number of hydrogen-bond acceptors (Lipinski definition) is 6. The molecule has 1 aliphatic carbocycles. The van der Waals surface area contributed by atoms with Crippen LogP contribution in [-0.4, -0.2) is 35.0 Å². The molecule has 1 fully saturated rings. The van der Waals surface area contributed by atoms with Gasteiger partial charge >= 0.3 is 10.0 Å². The highest BCUT2D eigenvalue weighted by atomic mass is 28.3. The Morgan fingerprint density at radius 1 is 0.941 bits per heavy atom. The van der Waals surface area contributed by atoms with Crippen molar-refractivity contribution < 1.29 is 18.4 Å². The normalized spacial score (nSPS) is 11.8. The van der Waals surface area contributed by atoms with Crippen LogP contribution in [0.4, 0.5) is 0 Å². The van der Waals surface area contributed by atoms with Crippen LogP contribution in [0, 0.1) is 0 Å². The van der Waals surface area contributed by atoms with E-state index in [-0.39, 0.29) is 0 Å². The Morgan fingerprint density at radius 2 is 1.24 bits per heavy atom. The Balaban J connectivity index is 0. The molecule has 0 unspecified atom stereocenters. The lowest BCUT2D eigenvalue weighted by atomic mass is 10.0. The molecule has 102 valence electrons. The summed E-state index contributed by atoms with van der Waals surface area (Å²) >= 11 is 0. The van der Waals surface area contributed by atoms with E-state index in [4.69, 9.17) is 11.5 Å². The lowest BCUT2D eigenvalue weighted by Crippen LogP contribution is -2.11. The first kappa shape index (κ1) is 18.4. The molecule has 17 heavy (non-hydrogen) atoms. The topological polar surface area (TPSA) is 105 Å². The molecule has 0 bridgehead atoms. The summed E-state index contributed by atoms with van der Waals surface area (Å²) in [6.07, 6.45) is 6.00. The minimum Gasteiger partial charge on any atom is -0.490 e. The maximum absolute atomic E-state index is 10.0. The van der Waals surface area contributed by atoms with Crippen LogP contribution in [0.3, 0.4) is 0 Å². The third-order valence-electron chi connectivity index (χ3n) is 1.69. The molecule has 0 aromatic rings. The monoisotopic (exact) mass is 264 g/mol. The lowest BCUT2D eigenvalue weighted by molar-refractivity contribution is -0.136. The van der Waals surface area contributed by atoms with Gasteiger partial charge in [-0.1, -0.05) is 25.7 Å². The molecule has 0 radical (unpaired) electrons. The molecule has 7 heteroatoms. The Morgan fingerprint density at radius 3 is 1.35 bits per heavy atom. The van der Waals surface area contributed by atoms with E-state index in [0.29, 0.717) is 13.1 Å². The van der Waals surface area contributed by atoms with Gasteiger partial charge in [0.25, 0.3) is 11.9 Å². The molecule has 0 aromatic heterocycles. The van der Waals surface area contributed by atoms with Gasteiger partial charge < -0.3 is 20.3 Å². The zero-order valence-electron chi connectivity index (χ0n) is 10.7. The summed E-state index contributed by atoms with van der Waals surface area (Å²) in [6, 6.07) is 0. The van der Waals surface area contributed by atoms with Crippen molar-refractivity contribution in [2.24, 2.45) is 11.5 Å². The van der Waals surface area contributed by atoms with E-state index in [9.17, 15) is 9.59 Å². The number of carbonyl (C=O) groups is 2. The second kappa shape index (κ2) is 15.1. The van der Waals surface area contributed by atoms with Gasteiger partial charge in [-0.3, -0.25) is 9.59 Å². The highest BCUT2D eigenvalue weighted by Gasteiger charge is 1.95. The quantitative estimate of drug-likeness (QED) is 0.671. The summed E-state index contributed by atoms with van der Waals surface area (Å²) in [5.74, 6) is -0.800. The van der Waals surface area contributed by atoms with Gasteiger partial charge in [0, 0.05) is 26.9 Å².